The van der Waals surface area contributed by atoms with E-state index in [-0.39, 0.29) is 11.6 Å². The molecule has 0 bridgehead atoms. The number of aryl methyl sites for hydroxylation is 1. The summed E-state index contributed by atoms with van der Waals surface area (Å²) >= 11 is 3.36. The minimum absolute atomic E-state index is 0.101. The second-order valence-electron chi connectivity index (χ2n) is 3.77. The fraction of sp³-hybridized carbons (Fsp3) is 0.0833. The van der Waals surface area contributed by atoms with Gasteiger partial charge in [0.25, 0.3) is 0 Å². The first kappa shape index (κ1) is 12.8. The van der Waals surface area contributed by atoms with Crippen molar-refractivity contribution in [2.24, 2.45) is 0 Å². The van der Waals surface area contributed by atoms with E-state index in [2.05, 4.69) is 26.2 Å². The summed E-state index contributed by atoms with van der Waals surface area (Å²) in [5.41, 5.74) is 6.93. The third kappa shape index (κ3) is 2.59. The number of pyridine rings is 1. The monoisotopic (exact) mass is 313 g/mol. The number of nitrogens with two attached hydrogens (primary N) is 1. The predicted molar refractivity (Wildman–Crippen MR) is 70.7 cm³/mol. The van der Waals surface area contributed by atoms with E-state index in [1.807, 2.05) is 19.1 Å². The summed E-state index contributed by atoms with van der Waals surface area (Å²) in [6.07, 6.45) is 0. The molecule has 0 aliphatic rings. The molecule has 1 heterocycles. The van der Waals surface area contributed by atoms with Crippen LogP contribution in [0.1, 0.15) is 5.56 Å². The van der Waals surface area contributed by atoms with Crippen LogP contribution in [0.15, 0.2) is 28.7 Å². The summed E-state index contributed by atoms with van der Waals surface area (Å²) in [5.74, 6) is -2.10. The van der Waals surface area contributed by atoms with Gasteiger partial charge in [0.2, 0.25) is 0 Å². The average Bonchev–Trinajstić information content (AvgIpc) is 2.31. The smallest absolute Gasteiger partial charge is 0.169 e. The summed E-state index contributed by atoms with van der Waals surface area (Å²) in [6, 6.07) is 6.08. The van der Waals surface area contributed by atoms with Gasteiger partial charge in [0, 0.05) is 16.2 Å². The van der Waals surface area contributed by atoms with E-state index < -0.39 is 11.6 Å². The third-order valence-corrected chi connectivity index (χ3v) is 3.27. The molecule has 0 radical (unpaired) electrons. The first-order chi connectivity index (χ1) is 8.47. The van der Waals surface area contributed by atoms with E-state index in [9.17, 15) is 8.78 Å². The predicted octanol–water partition coefficient (Wildman–Crippen LogP) is 3.76. The molecule has 0 fully saturated rings. The number of nitrogen functional groups attached to an aromatic ring is 1. The van der Waals surface area contributed by atoms with E-state index in [1.54, 1.807) is 6.07 Å². The Morgan fingerprint density at radius 3 is 2.61 bits per heavy atom. The zero-order chi connectivity index (χ0) is 13.3. The number of nitrogens with one attached hydrogen (secondary N) is 1. The third-order valence-electron chi connectivity index (χ3n) is 2.38. The van der Waals surface area contributed by atoms with Gasteiger partial charge in [-0.2, -0.15) is 0 Å². The van der Waals surface area contributed by atoms with Crippen molar-refractivity contribution in [3.63, 3.8) is 0 Å². The highest BCUT2D eigenvalue weighted by Gasteiger charge is 2.10. The molecule has 0 amide bonds. The molecule has 3 N–H and O–H groups in total. The van der Waals surface area contributed by atoms with Crippen LogP contribution in [0.3, 0.4) is 0 Å². The Labute approximate surface area is 111 Å². The highest BCUT2D eigenvalue weighted by Crippen LogP contribution is 2.24. The SMILES string of the molecule is Cc1cc(Nc2nc(N)c(F)cc2F)ccc1Br. The number of benzene rings is 1. The maximum atomic E-state index is 13.5. The number of anilines is 3. The Morgan fingerprint density at radius 1 is 1.22 bits per heavy atom. The summed E-state index contributed by atoms with van der Waals surface area (Å²) in [5, 5.41) is 2.75. The van der Waals surface area contributed by atoms with Gasteiger partial charge >= 0.3 is 0 Å². The van der Waals surface area contributed by atoms with E-state index in [0.29, 0.717) is 11.8 Å². The van der Waals surface area contributed by atoms with Gasteiger partial charge in [0.15, 0.2) is 23.3 Å². The molecule has 1 aromatic heterocycles. The maximum absolute atomic E-state index is 13.5. The average molecular weight is 314 g/mol. The lowest BCUT2D eigenvalue weighted by molar-refractivity contribution is 0.581. The zero-order valence-corrected chi connectivity index (χ0v) is 11.1. The molecule has 0 aliphatic heterocycles. The van der Waals surface area contributed by atoms with E-state index in [0.717, 1.165) is 10.0 Å². The van der Waals surface area contributed by atoms with Gasteiger partial charge in [-0.3, -0.25) is 0 Å². The van der Waals surface area contributed by atoms with Crippen LogP contribution in [0.2, 0.25) is 0 Å². The fourth-order valence-electron chi connectivity index (χ4n) is 1.43. The molecule has 6 heteroatoms. The van der Waals surface area contributed by atoms with Crippen molar-refractivity contribution >= 4 is 33.3 Å². The van der Waals surface area contributed by atoms with E-state index >= 15 is 0 Å². The van der Waals surface area contributed by atoms with Crippen molar-refractivity contribution in [2.45, 2.75) is 6.92 Å². The molecule has 1 aromatic carbocycles. The second kappa shape index (κ2) is 4.89. The topological polar surface area (TPSA) is 50.9 Å². The molecular formula is C12H10BrF2N3. The first-order valence-corrected chi connectivity index (χ1v) is 5.91. The van der Waals surface area contributed by atoms with Gasteiger partial charge in [0.05, 0.1) is 0 Å². The Hall–Kier alpha value is -1.69. The van der Waals surface area contributed by atoms with Crippen LogP contribution >= 0.6 is 15.9 Å². The van der Waals surface area contributed by atoms with Crippen LogP contribution in [0.4, 0.5) is 26.1 Å². The zero-order valence-electron chi connectivity index (χ0n) is 9.47. The molecule has 3 nitrogen and oxygen atoms in total. The second-order valence-corrected chi connectivity index (χ2v) is 4.63. The maximum Gasteiger partial charge on any atom is 0.169 e. The van der Waals surface area contributed by atoms with Crippen LogP contribution in [0.5, 0.6) is 0 Å². The molecule has 2 aromatic rings. The number of rotatable bonds is 2. The van der Waals surface area contributed by atoms with Gasteiger partial charge in [-0.05, 0) is 30.7 Å². The van der Waals surface area contributed by atoms with E-state index in [4.69, 9.17) is 5.73 Å². The minimum atomic E-state index is -0.870. The number of hydrogen-bond acceptors (Lipinski definition) is 3. The van der Waals surface area contributed by atoms with Crippen molar-refractivity contribution in [3.8, 4) is 0 Å². The van der Waals surface area contributed by atoms with Crippen molar-refractivity contribution < 1.29 is 8.78 Å². The Morgan fingerprint density at radius 2 is 1.94 bits per heavy atom. The Balaban J connectivity index is 2.34. The quantitative estimate of drug-likeness (QED) is 0.887. The lowest BCUT2D eigenvalue weighted by Crippen LogP contribution is -2.03. The van der Waals surface area contributed by atoms with Gasteiger partial charge in [-0.15, -0.1) is 0 Å². The molecule has 2 rings (SSSR count). The molecule has 0 aliphatic carbocycles. The lowest BCUT2D eigenvalue weighted by atomic mass is 10.2. The summed E-state index contributed by atoms with van der Waals surface area (Å²) < 4.78 is 27.4. The molecule has 0 saturated carbocycles. The van der Waals surface area contributed by atoms with Crippen LogP contribution < -0.4 is 11.1 Å². The van der Waals surface area contributed by atoms with E-state index in [1.165, 1.54) is 0 Å². The van der Waals surface area contributed by atoms with Crippen LogP contribution in [0, 0.1) is 18.6 Å². The highest BCUT2D eigenvalue weighted by atomic mass is 79.9. The Kier molecular flexibility index (Phi) is 3.47. The van der Waals surface area contributed by atoms with Crippen LogP contribution in [-0.4, -0.2) is 4.98 Å². The molecule has 18 heavy (non-hydrogen) atoms. The molecule has 0 unspecified atom stereocenters. The number of hydrogen-bond donors (Lipinski definition) is 2. The van der Waals surface area contributed by atoms with Crippen LogP contribution in [-0.2, 0) is 0 Å². The van der Waals surface area contributed by atoms with Crippen molar-refractivity contribution in [3.05, 3.63) is 45.9 Å². The summed E-state index contributed by atoms with van der Waals surface area (Å²) in [4.78, 5) is 3.62. The summed E-state index contributed by atoms with van der Waals surface area (Å²) in [6.45, 7) is 1.90. The van der Waals surface area contributed by atoms with Gasteiger partial charge in [0.1, 0.15) is 0 Å². The standard InChI is InChI=1S/C12H10BrF2N3/c1-6-4-7(2-3-8(6)13)17-12-10(15)5-9(14)11(16)18-12/h2-5H,1H3,(H3,16,17,18). The van der Waals surface area contributed by atoms with Crippen molar-refractivity contribution in [2.75, 3.05) is 11.1 Å². The number of halogens is 3. The largest absolute Gasteiger partial charge is 0.381 e. The molecular weight excluding hydrogens is 304 g/mol. The number of aromatic nitrogens is 1. The van der Waals surface area contributed by atoms with Gasteiger partial charge in [-0.25, -0.2) is 13.8 Å². The summed E-state index contributed by atoms with van der Waals surface area (Å²) in [7, 11) is 0. The lowest BCUT2D eigenvalue weighted by Gasteiger charge is -2.09. The van der Waals surface area contributed by atoms with Gasteiger partial charge < -0.3 is 11.1 Å². The molecule has 0 saturated heterocycles. The molecule has 0 spiro atoms. The van der Waals surface area contributed by atoms with Crippen molar-refractivity contribution in [1.29, 1.82) is 0 Å². The van der Waals surface area contributed by atoms with Crippen LogP contribution in [0.25, 0.3) is 0 Å². The molecule has 0 atom stereocenters. The van der Waals surface area contributed by atoms with Gasteiger partial charge in [-0.1, -0.05) is 15.9 Å². The highest BCUT2D eigenvalue weighted by molar-refractivity contribution is 9.10. The molecule has 94 valence electrons. The first-order valence-electron chi connectivity index (χ1n) is 5.12. The normalized spacial score (nSPS) is 10.4. The Bertz CT molecular complexity index is 602. The van der Waals surface area contributed by atoms with Crippen molar-refractivity contribution in [1.82, 2.24) is 4.98 Å². The number of nitrogens with zero attached hydrogens (tertiary/aromatic N) is 1. The fourth-order valence-corrected chi connectivity index (χ4v) is 1.67. The minimum Gasteiger partial charge on any atom is -0.381 e.